The maximum Gasteiger partial charge on any atom is 0.319 e. The van der Waals surface area contributed by atoms with Crippen LogP contribution in [0.3, 0.4) is 0 Å². The van der Waals surface area contributed by atoms with Gasteiger partial charge in [-0.3, -0.25) is 4.79 Å². The van der Waals surface area contributed by atoms with Crippen molar-refractivity contribution in [1.29, 1.82) is 0 Å². The summed E-state index contributed by atoms with van der Waals surface area (Å²) in [6.07, 6.45) is 2.82. The minimum absolute atomic E-state index is 0.183. The van der Waals surface area contributed by atoms with Crippen LogP contribution in [0.2, 0.25) is 0 Å². The number of hydrogen-bond acceptors (Lipinski definition) is 4. The van der Waals surface area contributed by atoms with E-state index in [4.69, 9.17) is 9.47 Å². The van der Waals surface area contributed by atoms with Gasteiger partial charge in [0.1, 0.15) is 5.75 Å². The summed E-state index contributed by atoms with van der Waals surface area (Å²) in [6, 6.07) is 9.70. The minimum Gasteiger partial charge on any atom is -0.494 e. The number of esters is 1. The van der Waals surface area contributed by atoms with E-state index in [0.717, 1.165) is 31.6 Å². The molecule has 0 aromatic heterocycles. The molecule has 4 nitrogen and oxygen atoms in total. The molecular weight excluding hydrogens is 242 g/mol. The van der Waals surface area contributed by atoms with E-state index in [1.165, 1.54) is 0 Å². The van der Waals surface area contributed by atoms with Crippen LogP contribution >= 0.6 is 0 Å². The minimum atomic E-state index is -0.183. The summed E-state index contributed by atoms with van der Waals surface area (Å²) in [7, 11) is 0. The second-order valence-electron chi connectivity index (χ2n) is 4.27. The molecule has 0 spiro atoms. The summed E-state index contributed by atoms with van der Waals surface area (Å²) >= 11 is 0. The average molecular weight is 265 g/mol. The molecule has 1 aromatic rings. The molecule has 0 fully saturated rings. The van der Waals surface area contributed by atoms with Crippen LogP contribution in [0, 0.1) is 0 Å². The standard InChI is InChI=1S/C15H23NO3/c1-2-3-11-19-15(17)13-16-10-7-12-18-14-8-5-4-6-9-14/h4-6,8-9,16H,2-3,7,10-13H2,1H3. The molecule has 0 saturated carbocycles. The van der Waals surface area contributed by atoms with Crippen molar-refractivity contribution in [1.82, 2.24) is 5.32 Å². The van der Waals surface area contributed by atoms with E-state index in [9.17, 15) is 4.79 Å². The van der Waals surface area contributed by atoms with E-state index < -0.39 is 0 Å². The molecule has 0 heterocycles. The molecule has 0 amide bonds. The Labute approximate surface area is 115 Å². The smallest absolute Gasteiger partial charge is 0.319 e. The lowest BCUT2D eigenvalue weighted by Crippen LogP contribution is -2.26. The number of carbonyl (C=O) groups is 1. The van der Waals surface area contributed by atoms with Gasteiger partial charge in [-0.05, 0) is 31.5 Å². The van der Waals surface area contributed by atoms with Crippen LogP contribution in [0.4, 0.5) is 0 Å². The number of unbranched alkanes of at least 4 members (excludes halogenated alkanes) is 1. The summed E-state index contributed by atoms with van der Waals surface area (Å²) in [5.41, 5.74) is 0. The zero-order valence-corrected chi connectivity index (χ0v) is 11.6. The van der Waals surface area contributed by atoms with Gasteiger partial charge in [-0.1, -0.05) is 31.5 Å². The van der Waals surface area contributed by atoms with E-state index in [1.807, 2.05) is 30.3 Å². The van der Waals surface area contributed by atoms with Gasteiger partial charge in [-0.15, -0.1) is 0 Å². The fourth-order valence-corrected chi connectivity index (χ4v) is 1.48. The lowest BCUT2D eigenvalue weighted by molar-refractivity contribution is -0.142. The lowest BCUT2D eigenvalue weighted by atomic mass is 10.3. The average Bonchev–Trinajstić information content (AvgIpc) is 2.44. The van der Waals surface area contributed by atoms with Gasteiger partial charge in [0.15, 0.2) is 0 Å². The first-order valence-corrected chi connectivity index (χ1v) is 6.87. The molecule has 1 aromatic carbocycles. The predicted molar refractivity (Wildman–Crippen MR) is 75.3 cm³/mol. The zero-order valence-electron chi connectivity index (χ0n) is 11.6. The Morgan fingerprint density at radius 3 is 2.68 bits per heavy atom. The number of carbonyl (C=O) groups excluding carboxylic acids is 1. The maximum absolute atomic E-state index is 11.3. The van der Waals surface area contributed by atoms with Crippen LogP contribution in [0.25, 0.3) is 0 Å². The van der Waals surface area contributed by atoms with Crippen molar-refractivity contribution in [3.05, 3.63) is 30.3 Å². The molecule has 19 heavy (non-hydrogen) atoms. The lowest BCUT2D eigenvalue weighted by Gasteiger charge is -2.07. The number of benzene rings is 1. The van der Waals surface area contributed by atoms with Crippen molar-refractivity contribution in [3.63, 3.8) is 0 Å². The Bertz CT molecular complexity index is 341. The molecule has 0 atom stereocenters. The normalized spacial score (nSPS) is 10.2. The van der Waals surface area contributed by atoms with Gasteiger partial charge < -0.3 is 14.8 Å². The Hall–Kier alpha value is -1.55. The van der Waals surface area contributed by atoms with Gasteiger partial charge in [0.25, 0.3) is 0 Å². The van der Waals surface area contributed by atoms with Gasteiger partial charge >= 0.3 is 5.97 Å². The second-order valence-corrected chi connectivity index (χ2v) is 4.27. The van der Waals surface area contributed by atoms with Crippen molar-refractivity contribution in [2.75, 3.05) is 26.3 Å². The molecule has 1 N–H and O–H groups in total. The Balaban J connectivity index is 1.92. The van der Waals surface area contributed by atoms with E-state index in [1.54, 1.807) is 0 Å². The molecular formula is C15H23NO3. The molecule has 4 heteroatoms. The predicted octanol–water partition coefficient (Wildman–Crippen LogP) is 2.39. The van der Waals surface area contributed by atoms with Crippen LogP contribution in [-0.4, -0.2) is 32.3 Å². The molecule has 0 radical (unpaired) electrons. The van der Waals surface area contributed by atoms with Crippen LogP contribution < -0.4 is 10.1 Å². The topological polar surface area (TPSA) is 47.6 Å². The Kier molecular flexibility index (Phi) is 8.47. The van der Waals surface area contributed by atoms with E-state index in [-0.39, 0.29) is 12.5 Å². The quantitative estimate of drug-likeness (QED) is 0.521. The van der Waals surface area contributed by atoms with Gasteiger partial charge in [-0.2, -0.15) is 0 Å². The molecule has 0 aliphatic rings. The molecule has 106 valence electrons. The van der Waals surface area contributed by atoms with Crippen molar-refractivity contribution in [2.45, 2.75) is 26.2 Å². The molecule has 1 rings (SSSR count). The number of hydrogen-bond donors (Lipinski definition) is 1. The van der Waals surface area contributed by atoms with Crippen molar-refractivity contribution < 1.29 is 14.3 Å². The van der Waals surface area contributed by atoms with E-state index in [0.29, 0.717) is 13.2 Å². The van der Waals surface area contributed by atoms with Gasteiger partial charge in [0, 0.05) is 0 Å². The van der Waals surface area contributed by atoms with Crippen molar-refractivity contribution in [3.8, 4) is 5.75 Å². The largest absolute Gasteiger partial charge is 0.494 e. The SMILES string of the molecule is CCCCOC(=O)CNCCCOc1ccccc1. The number of nitrogens with one attached hydrogen (secondary N) is 1. The molecule has 0 aliphatic heterocycles. The maximum atomic E-state index is 11.3. The first-order chi connectivity index (χ1) is 9.33. The van der Waals surface area contributed by atoms with Gasteiger partial charge in [0.2, 0.25) is 0 Å². The van der Waals surface area contributed by atoms with Crippen LogP contribution in [0.15, 0.2) is 30.3 Å². The summed E-state index contributed by atoms with van der Waals surface area (Å²) in [5.74, 6) is 0.693. The summed E-state index contributed by atoms with van der Waals surface area (Å²) < 4.78 is 10.6. The first kappa shape index (κ1) is 15.5. The highest BCUT2D eigenvalue weighted by Gasteiger charge is 2.00. The van der Waals surface area contributed by atoms with Crippen LogP contribution in [0.5, 0.6) is 5.75 Å². The van der Waals surface area contributed by atoms with Crippen LogP contribution in [-0.2, 0) is 9.53 Å². The first-order valence-electron chi connectivity index (χ1n) is 6.87. The Morgan fingerprint density at radius 1 is 1.16 bits per heavy atom. The van der Waals surface area contributed by atoms with Gasteiger partial charge in [0.05, 0.1) is 19.8 Å². The number of rotatable bonds is 10. The molecule has 0 saturated heterocycles. The zero-order chi connectivity index (χ0) is 13.8. The Morgan fingerprint density at radius 2 is 1.95 bits per heavy atom. The van der Waals surface area contributed by atoms with Crippen molar-refractivity contribution in [2.24, 2.45) is 0 Å². The monoisotopic (exact) mass is 265 g/mol. The molecule has 0 unspecified atom stereocenters. The number of ether oxygens (including phenoxy) is 2. The number of para-hydroxylation sites is 1. The van der Waals surface area contributed by atoms with Crippen LogP contribution in [0.1, 0.15) is 26.2 Å². The second kappa shape index (κ2) is 10.4. The fraction of sp³-hybridized carbons (Fsp3) is 0.533. The summed E-state index contributed by atoms with van der Waals surface area (Å²) in [6.45, 7) is 4.25. The summed E-state index contributed by atoms with van der Waals surface area (Å²) in [5, 5.41) is 3.04. The summed E-state index contributed by atoms with van der Waals surface area (Å²) in [4.78, 5) is 11.3. The van der Waals surface area contributed by atoms with Crippen molar-refractivity contribution >= 4 is 5.97 Å². The fourth-order valence-electron chi connectivity index (χ4n) is 1.48. The highest BCUT2D eigenvalue weighted by Crippen LogP contribution is 2.07. The highest BCUT2D eigenvalue weighted by molar-refractivity contribution is 5.71. The van der Waals surface area contributed by atoms with Gasteiger partial charge in [-0.25, -0.2) is 0 Å². The molecule has 0 aliphatic carbocycles. The third kappa shape index (κ3) is 8.21. The highest BCUT2D eigenvalue weighted by atomic mass is 16.5. The third-order valence-corrected chi connectivity index (χ3v) is 2.54. The third-order valence-electron chi connectivity index (χ3n) is 2.54. The van der Waals surface area contributed by atoms with E-state index >= 15 is 0 Å². The molecule has 0 bridgehead atoms. The van der Waals surface area contributed by atoms with E-state index in [2.05, 4.69) is 12.2 Å².